The molecule has 1 aliphatic carbocycles. The Morgan fingerprint density at radius 2 is 1.86 bits per heavy atom. The van der Waals surface area contributed by atoms with Gasteiger partial charge in [0.05, 0.1) is 6.61 Å². The monoisotopic (exact) mass is 305 g/mol. The van der Waals surface area contributed by atoms with Gasteiger partial charge in [0.2, 0.25) is 0 Å². The molecule has 0 aromatic carbocycles. The molecule has 0 saturated carbocycles. The van der Waals surface area contributed by atoms with Crippen molar-refractivity contribution >= 4 is 0 Å². The summed E-state index contributed by atoms with van der Waals surface area (Å²) in [6.07, 6.45) is 22.4. The number of aliphatic hydroxyl groups excluding tert-OH is 1. The second-order valence-corrected chi connectivity index (χ2v) is 6.94. The summed E-state index contributed by atoms with van der Waals surface area (Å²) in [4.78, 5) is 0. The summed E-state index contributed by atoms with van der Waals surface area (Å²) in [7, 11) is 0. The molecule has 0 bridgehead atoms. The van der Waals surface area contributed by atoms with Crippen molar-refractivity contribution in [2.45, 2.75) is 77.7 Å². The van der Waals surface area contributed by atoms with Crippen molar-refractivity contribution in [3.63, 3.8) is 0 Å². The van der Waals surface area contributed by atoms with Crippen LogP contribution in [0.25, 0.3) is 0 Å². The fraction of sp³-hybridized carbons (Fsp3) is 0.700. The van der Waals surface area contributed by atoms with Gasteiger partial charge in [0.1, 0.15) is 0 Å². The van der Waals surface area contributed by atoms with Crippen molar-refractivity contribution < 1.29 is 5.11 Å². The first-order valence-corrected chi connectivity index (χ1v) is 9.03. The van der Waals surface area contributed by atoms with Crippen molar-refractivity contribution in [2.75, 3.05) is 6.61 Å². The lowest BCUT2D eigenvalue weighted by atomic mass is 9.84. The van der Waals surface area contributed by atoms with Crippen molar-refractivity contribution in [1.29, 1.82) is 0 Å². The number of aliphatic hydroxyl groups is 1. The minimum absolute atomic E-state index is 0.0720. The van der Waals surface area contributed by atoms with Gasteiger partial charge in [-0.25, -0.2) is 0 Å². The highest BCUT2D eigenvalue weighted by Gasteiger charge is 2.17. The predicted molar refractivity (Wildman–Crippen MR) is 96.8 cm³/mol. The molecule has 0 fully saturated rings. The van der Waals surface area contributed by atoms with E-state index in [2.05, 4.69) is 44.2 Å². The molecule has 1 rings (SSSR count). The minimum Gasteiger partial charge on any atom is -0.395 e. The second kappa shape index (κ2) is 10.8. The van der Waals surface area contributed by atoms with Crippen molar-refractivity contribution in [2.24, 2.45) is 11.1 Å². The van der Waals surface area contributed by atoms with Crippen LogP contribution in [0.1, 0.15) is 71.6 Å². The van der Waals surface area contributed by atoms with Gasteiger partial charge in [-0.05, 0) is 24.8 Å². The summed E-state index contributed by atoms with van der Waals surface area (Å²) >= 11 is 0. The molecule has 0 heterocycles. The normalized spacial score (nSPS) is 22.5. The molecule has 2 heteroatoms. The molecule has 126 valence electrons. The van der Waals surface area contributed by atoms with Crippen LogP contribution in [0.3, 0.4) is 0 Å². The molecule has 0 aromatic heterocycles. The van der Waals surface area contributed by atoms with Crippen LogP contribution in [0.4, 0.5) is 0 Å². The zero-order valence-electron chi connectivity index (χ0n) is 14.6. The SMILES string of the molecule is CCCCCCCCC1(C)C=CC=C(CCC(N)CO)C=C1. The molecule has 0 radical (unpaired) electrons. The van der Waals surface area contributed by atoms with Gasteiger partial charge < -0.3 is 10.8 Å². The first kappa shape index (κ1) is 19.2. The third kappa shape index (κ3) is 7.95. The summed E-state index contributed by atoms with van der Waals surface area (Å²) in [5.41, 5.74) is 7.27. The van der Waals surface area contributed by atoms with E-state index >= 15 is 0 Å². The average molecular weight is 306 g/mol. The first-order chi connectivity index (χ1) is 10.6. The van der Waals surface area contributed by atoms with Crippen LogP contribution in [-0.2, 0) is 0 Å². The lowest BCUT2D eigenvalue weighted by molar-refractivity contribution is 0.260. The summed E-state index contributed by atoms with van der Waals surface area (Å²) in [5.74, 6) is 0. The van der Waals surface area contributed by atoms with Crippen LogP contribution >= 0.6 is 0 Å². The zero-order valence-corrected chi connectivity index (χ0v) is 14.6. The minimum atomic E-state index is -0.101. The van der Waals surface area contributed by atoms with Gasteiger partial charge in [0.25, 0.3) is 0 Å². The third-order valence-electron chi connectivity index (χ3n) is 4.57. The van der Waals surface area contributed by atoms with E-state index in [9.17, 15) is 0 Å². The maximum Gasteiger partial charge on any atom is 0.0582 e. The largest absolute Gasteiger partial charge is 0.395 e. The molecule has 2 unspecified atom stereocenters. The summed E-state index contributed by atoms with van der Waals surface area (Å²) in [5, 5.41) is 9.00. The maximum absolute atomic E-state index is 9.00. The lowest BCUT2D eigenvalue weighted by Gasteiger charge is -2.21. The number of hydrogen-bond donors (Lipinski definition) is 2. The Labute approximate surface area is 137 Å². The topological polar surface area (TPSA) is 46.2 Å². The number of hydrogen-bond acceptors (Lipinski definition) is 2. The van der Waals surface area contributed by atoms with Crippen molar-refractivity contribution in [1.82, 2.24) is 0 Å². The lowest BCUT2D eigenvalue weighted by Crippen LogP contribution is -2.23. The highest BCUT2D eigenvalue weighted by molar-refractivity contribution is 5.31. The molecular weight excluding hydrogens is 270 g/mol. The second-order valence-electron chi connectivity index (χ2n) is 6.94. The molecule has 3 N–H and O–H groups in total. The molecule has 0 aromatic rings. The Kier molecular flexibility index (Phi) is 9.42. The quantitative estimate of drug-likeness (QED) is 0.534. The van der Waals surface area contributed by atoms with E-state index in [1.165, 1.54) is 50.5 Å². The number of unbranched alkanes of at least 4 members (excludes halogenated alkanes) is 5. The van der Waals surface area contributed by atoms with Crippen molar-refractivity contribution in [3.05, 3.63) is 36.0 Å². The smallest absolute Gasteiger partial charge is 0.0582 e. The Bertz CT molecular complexity index is 383. The molecule has 22 heavy (non-hydrogen) atoms. The van der Waals surface area contributed by atoms with Gasteiger partial charge in [0, 0.05) is 11.5 Å². The van der Waals surface area contributed by atoms with Crippen LogP contribution in [0, 0.1) is 5.41 Å². The molecule has 0 spiro atoms. The Balaban J connectivity index is 2.34. The van der Waals surface area contributed by atoms with E-state index in [1.54, 1.807) is 0 Å². The Morgan fingerprint density at radius 3 is 2.59 bits per heavy atom. The van der Waals surface area contributed by atoms with E-state index in [1.807, 2.05) is 0 Å². The van der Waals surface area contributed by atoms with Gasteiger partial charge in [-0.2, -0.15) is 0 Å². The molecule has 2 nitrogen and oxygen atoms in total. The van der Waals surface area contributed by atoms with Crippen LogP contribution in [0.5, 0.6) is 0 Å². The van der Waals surface area contributed by atoms with E-state index in [0.717, 1.165) is 12.8 Å². The van der Waals surface area contributed by atoms with Crippen LogP contribution in [-0.4, -0.2) is 17.8 Å². The fourth-order valence-corrected chi connectivity index (χ4v) is 2.86. The van der Waals surface area contributed by atoms with E-state index in [4.69, 9.17) is 10.8 Å². The predicted octanol–water partition coefficient (Wildman–Crippen LogP) is 4.90. The molecule has 0 aliphatic heterocycles. The highest BCUT2D eigenvalue weighted by atomic mass is 16.3. The summed E-state index contributed by atoms with van der Waals surface area (Å²) in [6.45, 7) is 4.66. The van der Waals surface area contributed by atoms with Crippen LogP contribution in [0.15, 0.2) is 36.0 Å². The van der Waals surface area contributed by atoms with Gasteiger partial charge in [-0.3, -0.25) is 0 Å². The molecular formula is C20H35NO. The number of allylic oxidation sites excluding steroid dienone is 6. The van der Waals surface area contributed by atoms with E-state index in [0.29, 0.717) is 0 Å². The van der Waals surface area contributed by atoms with Crippen molar-refractivity contribution in [3.8, 4) is 0 Å². The van der Waals surface area contributed by atoms with Gasteiger partial charge in [0.15, 0.2) is 0 Å². The van der Waals surface area contributed by atoms with E-state index < -0.39 is 0 Å². The Morgan fingerprint density at radius 1 is 1.14 bits per heavy atom. The summed E-state index contributed by atoms with van der Waals surface area (Å²) in [6, 6.07) is -0.101. The highest BCUT2D eigenvalue weighted by Crippen LogP contribution is 2.31. The average Bonchev–Trinajstić information content (AvgIpc) is 2.70. The number of nitrogens with two attached hydrogens (primary N) is 1. The van der Waals surface area contributed by atoms with Crippen LogP contribution in [0.2, 0.25) is 0 Å². The maximum atomic E-state index is 9.00. The molecule has 0 amide bonds. The fourth-order valence-electron chi connectivity index (χ4n) is 2.86. The standard InChI is InChI=1S/C20H35NO/c1-3-4-5-6-7-8-14-20(2)15-9-10-18(13-16-20)11-12-19(21)17-22/h9-10,13,15-16,19,22H,3-8,11-12,14,17,21H2,1-2H3. The Hall–Kier alpha value is -0.860. The van der Waals surface area contributed by atoms with Gasteiger partial charge in [-0.15, -0.1) is 0 Å². The first-order valence-electron chi connectivity index (χ1n) is 9.03. The zero-order chi connectivity index (χ0) is 16.3. The van der Waals surface area contributed by atoms with E-state index in [-0.39, 0.29) is 18.1 Å². The van der Waals surface area contributed by atoms with Gasteiger partial charge in [-0.1, -0.05) is 82.8 Å². The molecule has 1 aliphatic rings. The third-order valence-corrected chi connectivity index (χ3v) is 4.57. The summed E-state index contributed by atoms with van der Waals surface area (Å²) < 4.78 is 0. The number of rotatable bonds is 11. The molecule has 2 atom stereocenters. The van der Waals surface area contributed by atoms with Gasteiger partial charge >= 0.3 is 0 Å². The molecule has 0 saturated heterocycles. The van der Waals surface area contributed by atoms with Crippen LogP contribution < -0.4 is 5.73 Å².